The Morgan fingerprint density at radius 2 is 2.10 bits per heavy atom. The van der Waals surface area contributed by atoms with Crippen LogP contribution in [0.1, 0.15) is 30.4 Å². The number of halogens is 1. The highest BCUT2D eigenvalue weighted by Gasteiger charge is 2.47. The van der Waals surface area contributed by atoms with Gasteiger partial charge in [-0.25, -0.2) is 4.39 Å². The van der Waals surface area contributed by atoms with Crippen LogP contribution in [0.25, 0.3) is 0 Å². The molecule has 2 heterocycles. The fraction of sp³-hybridized carbons (Fsp3) is 0.458. The zero-order valence-corrected chi connectivity index (χ0v) is 17.4. The standard InChI is InChI=1S/C24H29FN2O3/c1-18-8-9-20(25)21(14-18)26-23(28)16-27-12-11-24(10-5-13-30-24)22(15-27)29-17-19-6-3-2-4-7-19/h2-4,6-9,14,22H,5,10-13,15-17H2,1H3,(H,26,28)/t22-,24+/m0/s1. The lowest BCUT2D eigenvalue weighted by Gasteiger charge is -2.44. The summed E-state index contributed by atoms with van der Waals surface area (Å²) in [5.41, 5.74) is 1.99. The van der Waals surface area contributed by atoms with Gasteiger partial charge in [0.15, 0.2) is 0 Å². The first-order chi connectivity index (χ1) is 14.5. The van der Waals surface area contributed by atoms with E-state index < -0.39 is 5.82 Å². The van der Waals surface area contributed by atoms with Crippen LogP contribution in [-0.4, -0.2) is 48.8 Å². The van der Waals surface area contributed by atoms with Crippen LogP contribution < -0.4 is 5.32 Å². The maximum Gasteiger partial charge on any atom is 0.238 e. The molecule has 6 heteroatoms. The number of hydrogen-bond donors (Lipinski definition) is 1. The average Bonchev–Trinajstić information content (AvgIpc) is 3.21. The Bertz CT molecular complexity index is 868. The van der Waals surface area contributed by atoms with Gasteiger partial charge in [0, 0.05) is 19.7 Å². The highest BCUT2D eigenvalue weighted by atomic mass is 19.1. The molecule has 2 atom stereocenters. The highest BCUT2D eigenvalue weighted by Crippen LogP contribution is 2.38. The molecule has 0 aromatic heterocycles. The zero-order valence-electron chi connectivity index (χ0n) is 17.4. The van der Waals surface area contributed by atoms with E-state index in [1.165, 1.54) is 6.07 Å². The molecule has 1 spiro atoms. The number of benzene rings is 2. The molecular formula is C24H29FN2O3. The molecule has 5 nitrogen and oxygen atoms in total. The Labute approximate surface area is 177 Å². The first kappa shape index (κ1) is 21.0. The van der Waals surface area contributed by atoms with Crippen molar-refractivity contribution < 1.29 is 18.7 Å². The first-order valence-electron chi connectivity index (χ1n) is 10.6. The Morgan fingerprint density at radius 3 is 2.87 bits per heavy atom. The number of rotatable bonds is 6. The van der Waals surface area contributed by atoms with Crippen LogP contribution in [-0.2, 0) is 20.9 Å². The Hall–Kier alpha value is -2.28. The topological polar surface area (TPSA) is 50.8 Å². The Kier molecular flexibility index (Phi) is 6.46. The van der Waals surface area contributed by atoms with E-state index in [9.17, 15) is 9.18 Å². The quantitative estimate of drug-likeness (QED) is 0.782. The van der Waals surface area contributed by atoms with Crippen LogP contribution in [0.5, 0.6) is 0 Å². The van der Waals surface area contributed by atoms with Gasteiger partial charge in [0.25, 0.3) is 0 Å². The first-order valence-corrected chi connectivity index (χ1v) is 10.6. The van der Waals surface area contributed by atoms with Gasteiger partial charge in [-0.3, -0.25) is 9.69 Å². The number of hydrogen-bond acceptors (Lipinski definition) is 4. The molecule has 0 bridgehead atoms. The van der Waals surface area contributed by atoms with Gasteiger partial charge in [-0.05, 0) is 49.4 Å². The molecule has 0 aliphatic carbocycles. The zero-order chi connectivity index (χ0) is 21.0. The van der Waals surface area contributed by atoms with Gasteiger partial charge in [0.05, 0.1) is 30.5 Å². The second-order valence-electron chi connectivity index (χ2n) is 8.32. The summed E-state index contributed by atoms with van der Waals surface area (Å²) < 4.78 is 26.4. The molecule has 2 fully saturated rings. The Balaban J connectivity index is 1.38. The van der Waals surface area contributed by atoms with Gasteiger partial charge in [-0.15, -0.1) is 0 Å². The lowest BCUT2D eigenvalue weighted by molar-refractivity contribution is -0.159. The van der Waals surface area contributed by atoms with Crippen molar-refractivity contribution in [3.05, 3.63) is 65.5 Å². The number of amides is 1. The summed E-state index contributed by atoms with van der Waals surface area (Å²) in [6, 6.07) is 14.8. The monoisotopic (exact) mass is 412 g/mol. The van der Waals surface area contributed by atoms with Crippen molar-refractivity contribution >= 4 is 11.6 Å². The third-order valence-electron chi connectivity index (χ3n) is 6.05. The van der Waals surface area contributed by atoms with Crippen LogP contribution in [0.3, 0.4) is 0 Å². The van der Waals surface area contributed by atoms with Gasteiger partial charge >= 0.3 is 0 Å². The summed E-state index contributed by atoms with van der Waals surface area (Å²) in [6.07, 6.45) is 2.76. The van der Waals surface area contributed by atoms with Crippen LogP contribution in [0.15, 0.2) is 48.5 Å². The van der Waals surface area contributed by atoms with E-state index in [1.54, 1.807) is 12.1 Å². The maximum absolute atomic E-state index is 14.0. The molecule has 160 valence electrons. The van der Waals surface area contributed by atoms with E-state index in [-0.39, 0.29) is 29.8 Å². The minimum absolute atomic E-state index is 0.0996. The van der Waals surface area contributed by atoms with Gasteiger partial charge < -0.3 is 14.8 Å². The number of carbonyl (C=O) groups is 1. The predicted octanol–water partition coefficient (Wildman–Crippen LogP) is 3.91. The van der Waals surface area contributed by atoms with Crippen LogP contribution in [0.2, 0.25) is 0 Å². The number of nitrogens with zero attached hydrogens (tertiary/aromatic N) is 1. The molecule has 0 saturated carbocycles. The fourth-order valence-corrected chi connectivity index (χ4v) is 4.42. The van der Waals surface area contributed by atoms with Gasteiger partial charge in [-0.1, -0.05) is 36.4 Å². The van der Waals surface area contributed by atoms with E-state index >= 15 is 0 Å². The van der Waals surface area contributed by atoms with Crippen LogP contribution in [0.4, 0.5) is 10.1 Å². The van der Waals surface area contributed by atoms with Gasteiger partial charge in [0.2, 0.25) is 5.91 Å². The predicted molar refractivity (Wildman–Crippen MR) is 114 cm³/mol. The van der Waals surface area contributed by atoms with Crippen molar-refractivity contribution in [1.29, 1.82) is 0 Å². The summed E-state index contributed by atoms with van der Waals surface area (Å²) in [7, 11) is 0. The minimum atomic E-state index is -0.421. The number of nitrogens with one attached hydrogen (secondary N) is 1. The third kappa shape index (κ3) is 4.89. The van der Waals surface area contributed by atoms with Crippen LogP contribution >= 0.6 is 0 Å². The van der Waals surface area contributed by atoms with Crippen molar-refractivity contribution in [3.63, 3.8) is 0 Å². The van der Waals surface area contributed by atoms with Crippen molar-refractivity contribution in [2.24, 2.45) is 0 Å². The molecule has 2 saturated heterocycles. The molecule has 2 aliphatic heterocycles. The SMILES string of the molecule is Cc1ccc(F)c(NC(=O)CN2CC[C@]3(CCCO3)[C@@H](OCc3ccccc3)C2)c1. The second kappa shape index (κ2) is 9.25. The summed E-state index contributed by atoms with van der Waals surface area (Å²) in [4.78, 5) is 14.6. The van der Waals surface area contributed by atoms with Crippen molar-refractivity contribution in [2.75, 3.05) is 31.6 Å². The molecule has 2 aromatic rings. The van der Waals surface area contributed by atoms with Crippen molar-refractivity contribution in [2.45, 2.75) is 44.5 Å². The highest BCUT2D eigenvalue weighted by molar-refractivity contribution is 5.92. The van der Waals surface area contributed by atoms with Crippen molar-refractivity contribution in [3.8, 4) is 0 Å². The van der Waals surface area contributed by atoms with Crippen molar-refractivity contribution in [1.82, 2.24) is 4.90 Å². The Morgan fingerprint density at radius 1 is 1.27 bits per heavy atom. The fourth-order valence-electron chi connectivity index (χ4n) is 4.42. The van der Waals surface area contributed by atoms with Gasteiger partial charge in [0.1, 0.15) is 5.82 Å². The minimum Gasteiger partial charge on any atom is -0.372 e. The average molecular weight is 413 g/mol. The normalized spacial score (nSPS) is 24.3. The second-order valence-corrected chi connectivity index (χ2v) is 8.32. The molecule has 30 heavy (non-hydrogen) atoms. The lowest BCUT2D eigenvalue weighted by Crippen LogP contribution is -2.57. The van der Waals surface area contributed by atoms with E-state index in [4.69, 9.17) is 9.47 Å². The summed E-state index contributed by atoms with van der Waals surface area (Å²) in [5, 5.41) is 2.70. The maximum atomic E-state index is 14.0. The summed E-state index contributed by atoms with van der Waals surface area (Å²) >= 11 is 0. The number of carbonyl (C=O) groups excluding carboxylic acids is 1. The third-order valence-corrected chi connectivity index (χ3v) is 6.05. The van der Waals surface area contributed by atoms with E-state index in [0.717, 1.165) is 43.5 Å². The number of ether oxygens (including phenoxy) is 2. The summed E-state index contributed by atoms with van der Waals surface area (Å²) in [6.45, 7) is 4.74. The number of aryl methyl sites for hydroxylation is 1. The number of likely N-dealkylation sites (tertiary alicyclic amines) is 1. The smallest absolute Gasteiger partial charge is 0.238 e. The molecule has 2 aliphatic rings. The molecule has 0 unspecified atom stereocenters. The van der Waals surface area contributed by atoms with E-state index in [0.29, 0.717) is 13.2 Å². The van der Waals surface area contributed by atoms with E-state index in [1.807, 2.05) is 37.3 Å². The largest absolute Gasteiger partial charge is 0.372 e. The van der Waals surface area contributed by atoms with E-state index in [2.05, 4.69) is 10.2 Å². The number of piperidine rings is 1. The van der Waals surface area contributed by atoms with Crippen LogP contribution in [0, 0.1) is 12.7 Å². The lowest BCUT2D eigenvalue weighted by atomic mass is 9.85. The molecule has 4 rings (SSSR count). The molecule has 0 radical (unpaired) electrons. The summed E-state index contributed by atoms with van der Waals surface area (Å²) in [5.74, 6) is -0.639. The molecular weight excluding hydrogens is 383 g/mol. The number of anilines is 1. The molecule has 1 N–H and O–H groups in total. The van der Waals surface area contributed by atoms with Gasteiger partial charge in [-0.2, -0.15) is 0 Å². The molecule has 1 amide bonds. The molecule has 2 aromatic carbocycles.